The van der Waals surface area contributed by atoms with Gasteiger partial charge in [0, 0.05) is 18.0 Å². The number of benzene rings is 2. The third-order valence-electron chi connectivity index (χ3n) is 4.90. The van der Waals surface area contributed by atoms with Gasteiger partial charge in [-0.05, 0) is 54.5 Å². The molecule has 1 aliphatic heterocycles. The molecule has 2 amide bonds. The highest BCUT2D eigenvalue weighted by Gasteiger charge is 2.27. The third-order valence-corrected chi connectivity index (χ3v) is 4.90. The van der Waals surface area contributed by atoms with Crippen LogP contribution in [0.3, 0.4) is 0 Å². The molecule has 1 atom stereocenters. The van der Waals surface area contributed by atoms with Gasteiger partial charge in [0.05, 0.1) is 17.1 Å². The first-order valence-electron chi connectivity index (χ1n) is 8.91. The number of rotatable bonds is 4. The molecule has 1 aliphatic rings. The smallest absolute Gasteiger partial charge is 0.267 e. The van der Waals surface area contributed by atoms with Gasteiger partial charge in [0.1, 0.15) is 23.1 Å². The molecule has 3 aromatic rings. The number of nitrogens with one attached hydrogen (secondary N) is 3. The Kier molecular flexibility index (Phi) is 4.62. The summed E-state index contributed by atoms with van der Waals surface area (Å²) >= 11 is 0. The fraction of sp³-hybridized carbons (Fsp3) is 0.143. The minimum absolute atomic E-state index is 0.0400. The van der Waals surface area contributed by atoms with Crippen molar-refractivity contribution in [2.24, 2.45) is 0 Å². The van der Waals surface area contributed by atoms with Gasteiger partial charge in [-0.15, -0.1) is 0 Å². The number of halogens is 3. The van der Waals surface area contributed by atoms with Crippen LogP contribution in [0.25, 0.3) is 22.2 Å². The first kappa shape index (κ1) is 18.8. The molecular weight excluding hydrogens is 383 g/mol. The van der Waals surface area contributed by atoms with E-state index in [1.807, 2.05) is 0 Å². The van der Waals surface area contributed by atoms with Crippen molar-refractivity contribution in [1.82, 2.24) is 15.6 Å². The molecule has 29 heavy (non-hydrogen) atoms. The summed E-state index contributed by atoms with van der Waals surface area (Å²) in [5.74, 6) is -3.82. The molecule has 8 heteroatoms. The molecule has 5 nitrogen and oxygen atoms in total. The molecule has 3 N–H and O–H groups in total. The monoisotopic (exact) mass is 399 g/mol. The molecule has 2 aromatic carbocycles. The van der Waals surface area contributed by atoms with E-state index in [4.69, 9.17) is 0 Å². The Bertz CT molecular complexity index is 1170. The van der Waals surface area contributed by atoms with E-state index in [1.54, 1.807) is 13.0 Å². The first-order chi connectivity index (χ1) is 13.8. The number of carbonyl (C=O) groups excluding carboxylic acids is 2. The summed E-state index contributed by atoms with van der Waals surface area (Å²) in [6.45, 7) is 1.88. The lowest BCUT2D eigenvalue weighted by molar-refractivity contribution is -0.124. The summed E-state index contributed by atoms with van der Waals surface area (Å²) in [5, 5.41) is 5.30. The molecule has 0 saturated heterocycles. The third kappa shape index (κ3) is 3.37. The zero-order valence-electron chi connectivity index (χ0n) is 15.3. The molecule has 4 rings (SSSR count). The molecular formula is C21H16F3N3O2. The number of hydrogen-bond acceptors (Lipinski definition) is 2. The van der Waals surface area contributed by atoms with E-state index in [2.05, 4.69) is 15.6 Å². The Labute approximate surface area is 163 Å². The van der Waals surface area contributed by atoms with Crippen molar-refractivity contribution in [3.05, 3.63) is 71.2 Å². The van der Waals surface area contributed by atoms with Crippen molar-refractivity contribution in [3.63, 3.8) is 0 Å². The van der Waals surface area contributed by atoms with Crippen molar-refractivity contribution in [2.45, 2.75) is 12.8 Å². The van der Waals surface area contributed by atoms with Crippen molar-refractivity contribution >= 4 is 22.7 Å². The molecule has 0 fully saturated rings. The lowest BCUT2D eigenvalue weighted by Gasteiger charge is -2.14. The van der Waals surface area contributed by atoms with Crippen LogP contribution in [0.1, 0.15) is 18.4 Å². The van der Waals surface area contributed by atoms with Crippen LogP contribution in [-0.4, -0.2) is 23.3 Å². The summed E-state index contributed by atoms with van der Waals surface area (Å²) in [5.41, 5.74) is 1.40. The molecule has 0 aliphatic carbocycles. The maximum Gasteiger partial charge on any atom is 0.267 e. The fourth-order valence-electron chi connectivity index (χ4n) is 3.45. The Morgan fingerprint density at radius 1 is 1.10 bits per heavy atom. The number of hydrogen-bond donors (Lipinski definition) is 3. The number of amides is 2. The largest absolute Gasteiger partial charge is 0.352 e. The lowest BCUT2D eigenvalue weighted by Crippen LogP contribution is -2.32. The van der Waals surface area contributed by atoms with E-state index in [0.717, 1.165) is 12.1 Å². The topological polar surface area (TPSA) is 74.0 Å². The van der Waals surface area contributed by atoms with Crippen LogP contribution < -0.4 is 10.6 Å². The Hall–Kier alpha value is -3.55. The van der Waals surface area contributed by atoms with E-state index in [-0.39, 0.29) is 16.6 Å². The van der Waals surface area contributed by atoms with E-state index < -0.39 is 35.2 Å². The van der Waals surface area contributed by atoms with Crippen LogP contribution in [0.2, 0.25) is 0 Å². The van der Waals surface area contributed by atoms with Gasteiger partial charge in [-0.2, -0.15) is 0 Å². The Balaban J connectivity index is 1.84. The number of aromatic amines is 1. The van der Waals surface area contributed by atoms with E-state index in [1.165, 1.54) is 24.3 Å². The number of fused-ring (bicyclic) bond motifs is 1. The van der Waals surface area contributed by atoms with E-state index >= 15 is 0 Å². The SMILES string of the molecule is CC(C(=O)NC1=CCNC1=O)c1c(-c2ccc(F)cc2)[nH]c2c(F)cc(F)cc12. The minimum atomic E-state index is -0.862. The van der Waals surface area contributed by atoms with E-state index in [0.29, 0.717) is 23.4 Å². The van der Waals surface area contributed by atoms with Crippen molar-refractivity contribution < 1.29 is 22.8 Å². The summed E-state index contributed by atoms with van der Waals surface area (Å²) in [6.07, 6.45) is 1.54. The van der Waals surface area contributed by atoms with Gasteiger partial charge >= 0.3 is 0 Å². The van der Waals surface area contributed by atoms with Gasteiger partial charge in [0.2, 0.25) is 5.91 Å². The average molecular weight is 399 g/mol. The van der Waals surface area contributed by atoms with Gasteiger partial charge in [0.25, 0.3) is 5.91 Å². The quantitative estimate of drug-likeness (QED) is 0.628. The molecule has 0 radical (unpaired) electrons. The summed E-state index contributed by atoms with van der Waals surface area (Å²) in [4.78, 5) is 27.4. The van der Waals surface area contributed by atoms with Gasteiger partial charge < -0.3 is 15.6 Å². The summed E-state index contributed by atoms with van der Waals surface area (Å²) < 4.78 is 41.6. The van der Waals surface area contributed by atoms with Gasteiger partial charge in [0.15, 0.2) is 0 Å². The highest BCUT2D eigenvalue weighted by molar-refractivity contribution is 6.03. The molecule has 0 bridgehead atoms. The molecule has 0 saturated carbocycles. The maximum absolute atomic E-state index is 14.4. The highest BCUT2D eigenvalue weighted by Crippen LogP contribution is 2.37. The first-order valence-corrected chi connectivity index (χ1v) is 8.91. The number of carbonyl (C=O) groups is 2. The molecule has 0 spiro atoms. The van der Waals surface area contributed by atoms with Crippen molar-refractivity contribution in [3.8, 4) is 11.3 Å². The summed E-state index contributed by atoms with van der Waals surface area (Å²) in [7, 11) is 0. The van der Waals surface area contributed by atoms with Gasteiger partial charge in [-0.1, -0.05) is 0 Å². The predicted molar refractivity (Wildman–Crippen MR) is 101 cm³/mol. The lowest BCUT2D eigenvalue weighted by atomic mass is 9.93. The van der Waals surface area contributed by atoms with Crippen molar-refractivity contribution in [1.29, 1.82) is 0 Å². The Morgan fingerprint density at radius 3 is 2.48 bits per heavy atom. The van der Waals surface area contributed by atoms with Crippen LogP contribution >= 0.6 is 0 Å². The van der Waals surface area contributed by atoms with Crippen LogP contribution in [0.15, 0.2) is 48.2 Å². The highest BCUT2D eigenvalue weighted by atomic mass is 19.1. The van der Waals surface area contributed by atoms with Crippen LogP contribution in [0.4, 0.5) is 13.2 Å². The predicted octanol–water partition coefficient (Wildman–Crippen LogP) is 3.49. The standard InChI is InChI=1S/C21H16F3N3O2/c1-10(20(28)26-16-6-7-25-21(16)29)17-14-8-13(23)9-15(24)19(14)27-18(17)11-2-4-12(22)5-3-11/h2-6,8-10,27H,7H2,1H3,(H,25,29)(H,26,28). The average Bonchev–Trinajstić information content (AvgIpc) is 3.25. The van der Waals surface area contributed by atoms with Gasteiger partial charge in [-0.3, -0.25) is 9.59 Å². The van der Waals surface area contributed by atoms with Crippen LogP contribution in [-0.2, 0) is 9.59 Å². The van der Waals surface area contributed by atoms with Crippen molar-refractivity contribution in [2.75, 3.05) is 6.54 Å². The second-order valence-corrected chi connectivity index (χ2v) is 6.77. The van der Waals surface area contributed by atoms with Crippen LogP contribution in [0, 0.1) is 17.5 Å². The van der Waals surface area contributed by atoms with E-state index in [9.17, 15) is 22.8 Å². The van der Waals surface area contributed by atoms with Gasteiger partial charge in [-0.25, -0.2) is 13.2 Å². The fourth-order valence-corrected chi connectivity index (χ4v) is 3.45. The normalized spacial score (nSPS) is 14.6. The molecule has 148 valence electrons. The Morgan fingerprint density at radius 2 is 1.83 bits per heavy atom. The minimum Gasteiger partial charge on any atom is -0.352 e. The molecule has 1 unspecified atom stereocenters. The molecule has 1 aromatic heterocycles. The maximum atomic E-state index is 14.4. The zero-order chi connectivity index (χ0) is 20.7. The number of H-pyrrole nitrogens is 1. The summed E-state index contributed by atoms with van der Waals surface area (Å²) in [6, 6.07) is 7.32. The van der Waals surface area contributed by atoms with Crippen LogP contribution in [0.5, 0.6) is 0 Å². The number of aromatic nitrogens is 1. The second kappa shape index (κ2) is 7.12. The second-order valence-electron chi connectivity index (χ2n) is 6.77. The zero-order valence-corrected chi connectivity index (χ0v) is 15.3. The molecule has 2 heterocycles.